The maximum atomic E-state index is 14.4. The molecule has 3 heterocycles. The number of aromatic nitrogens is 3. The van der Waals surface area contributed by atoms with E-state index in [0.717, 1.165) is 0 Å². The van der Waals surface area contributed by atoms with Crippen LogP contribution in [0.3, 0.4) is 0 Å². The number of allylic oxidation sites excluding steroid dienone is 2. The smallest absolute Gasteiger partial charge is 0.275 e. The molecule has 0 spiro atoms. The highest BCUT2D eigenvalue weighted by Gasteiger charge is 2.16. The van der Waals surface area contributed by atoms with Gasteiger partial charge in [0.25, 0.3) is 5.56 Å². The SMILES string of the molecule is CC(C)Cc1c(F)cnc2cc(Cn3c(Cl)ccc(NC(=O)CCC/C=C/C=O)c3=O)[nH]c12. The highest BCUT2D eigenvalue weighted by atomic mass is 35.5. The Bertz CT molecular complexity index is 1250. The van der Waals surface area contributed by atoms with Gasteiger partial charge < -0.3 is 10.3 Å². The molecule has 0 aliphatic heterocycles. The molecule has 0 radical (unpaired) electrons. The Kier molecular flexibility index (Phi) is 8.16. The van der Waals surface area contributed by atoms with Gasteiger partial charge in [-0.15, -0.1) is 0 Å². The van der Waals surface area contributed by atoms with Crippen LogP contribution in [0.5, 0.6) is 0 Å². The van der Waals surface area contributed by atoms with Crippen LogP contribution in [-0.2, 0) is 22.6 Å². The summed E-state index contributed by atoms with van der Waals surface area (Å²) in [6.45, 7) is 4.13. The maximum Gasteiger partial charge on any atom is 0.275 e. The quantitative estimate of drug-likeness (QED) is 0.194. The molecule has 0 aliphatic carbocycles. The van der Waals surface area contributed by atoms with Crippen molar-refractivity contribution in [1.82, 2.24) is 14.5 Å². The van der Waals surface area contributed by atoms with Crippen LogP contribution in [0.25, 0.3) is 11.0 Å². The van der Waals surface area contributed by atoms with Gasteiger partial charge in [-0.25, -0.2) is 4.39 Å². The molecule has 7 nitrogen and oxygen atoms in total. The third kappa shape index (κ3) is 6.16. The van der Waals surface area contributed by atoms with Crippen molar-refractivity contribution in [3.8, 4) is 0 Å². The first-order valence-electron chi connectivity index (χ1n) is 10.7. The molecule has 3 aromatic rings. The van der Waals surface area contributed by atoms with E-state index in [4.69, 9.17) is 11.6 Å². The van der Waals surface area contributed by atoms with Gasteiger partial charge in [0.1, 0.15) is 22.9 Å². The second-order valence-corrected chi connectivity index (χ2v) is 8.59. The van der Waals surface area contributed by atoms with E-state index in [1.54, 1.807) is 12.1 Å². The number of nitrogens with zero attached hydrogens (tertiary/aromatic N) is 2. The summed E-state index contributed by atoms with van der Waals surface area (Å²) in [4.78, 5) is 42.7. The summed E-state index contributed by atoms with van der Waals surface area (Å²) < 4.78 is 15.7. The Morgan fingerprint density at radius 3 is 2.88 bits per heavy atom. The minimum absolute atomic E-state index is 0.108. The zero-order valence-corrected chi connectivity index (χ0v) is 19.3. The number of pyridine rings is 2. The third-order valence-electron chi connectivity index (χ3n) is 5.08. The Balaban J connectivity index is 1.81. The predicted octanol–water partition coefficient (Wildman–Crippen LogP) is 4.63. The third-order valence-corrected chi connectivity index (χ3v) is 5.41. The average Bonchev–Trinajstić information content (AvgIpc) is 3.18. The van der Waals surface area contributed by atoms with Crippen molar-refractivity contribution in [2.45, 2.75) is 46.1 Å². The van der Waals surface area contributed by atoms with Crippen LogP contribution >= 0.6 is 11.6 Å². The number of H-pyrrole nitrogens is 1. The minimum atomic E-state index is -0.447. The first-order chi connectivity index (χ1) is 15.8. The number of amides is 1. The average molecular weight is 473 g/mol. The monoisotopic (exact) mass is 472 g/mol. The van der Waals surface area contributed by atoms with Gasteiger partial charge in [-0.2, -0.15) is 0 Å². The van der Waals surface area contributed by atoms with Crippen LogP contribution in [0, 0.1) is 11.7 Å². The molecule has 33 heavy (non-hydrogen) atoms. The van der Waals surface area contributed by atoms with Crippen molar-refractivity contribution in [2.75, 3.05) is 5.32 Å². The van der Waals surface area contributed by atoms with Crippen LogP contribution in [0.2, 0.25) is 5.15 Å². The molecule has 9 heteroatoms. The van der Waals surface area contributed by atoms with Crippen molar-refractivity contribution in [2.24, 2.45) is 5.92 Å². The number of hydrogen-bond donors (Lipinski definition) is 2. The Labute approximate surface area is 195 Å². The number of carbonyl (C=O) groups excluding carboxylic acids is 2. The molecule has 2 N–H and O–H groups in total. The highest BCUT2D eigenvalue weighted by Crippen LogP contribution is 2.24. The lowest BCUT2D eigenvalue weighted by molar-refractivity contribution is -0.116. The molecular weight excluding hydrogens is 447 g/mol. The van der Waals surface area contributed by atoms with Crippen LogP contribution in [0.1, 0.15) is 44.4 Å². The molecule has 0 saturated heterocycles. The molecule has 1 amide bonds. The maximum absolute atomic E-state index is 14.4. The van der Waals surface area contributed by atoms with Crippen LogP contribution in [0.4, 0.5) is 10.1 Å². The van der Waals surface area contributed by atoms with Crippen molar-refractivity contribution in [3.05, 3.63) is 69.1 Å². The van der Waals surface area contributed by atoms with Crippen LogP contribution in [-0.4, -0.2) is 26.7 Å². The van der Waals surface area contributed by atoms with Gasteiger partial charge in [0.15, 0.2) is 0 Å². The summed E-state index contributed by atoms with van der Waals surface area (Å²) in [6.07, 6.45) is 6.86. The van der Waals surface area contributed by atoms with Crippen molar-refractivity contribution < 1.29 is 14.0 Å². The first-order valence-corrected chi connectivity index (χ1v) is 11.1. The van der Waals surface area contributed by atoms with Crippen molar-refractivity contribution in [1.29, 1.82) is 0 Å². The molecule has 3 aromatic heterocycles. The lowest BCUT2D eigenvalue weighted by atomic mass is 10.0. The van der Waals surface area contributed by atoms with Crippen molar-refractivity contribution >= 4 is 40.5 Å². The molecule has 0 atom stereocenters. The van der Waals surface area contributed by atoms with Gasteiger partial charge in [-0.1, -0.05) is 31.5 Å². The number of rotatable bonds is 10. The molecule has 0 aliphatic rings. The molecular formula is C24H26ClFN4O3. The van der Waals surface area contributed by atoms with Gasteiger partial charge in [0, 0.05) is 17.7 Å². The number of halogens is 2. The minimum Gasteiger partial charge on any atom is -0.355 e. The number of carbonyl (C=O) groups is 2. The van der Waals surface area contributed by atoms with E-state index in [1.165, 1.54) is 29.0 Å². The first kappa shape index (κ1) is 24.4. The zero-order valence-electron chi connectivity index (χ0n) is 18.5. The zero-order chi connectivity index (χ0) is 24.0. The van der Waals surface area contributed by atoms with E-state index in [1.807, 2.05) is 13.8 Å². The molecule has 0 bridgehead atoms. The van der Waals surface area contributed by atoms with E-state index in [2.05, 4.69) is 15.3 Å². The summed E-state index contributed by atoms with van der Waals surface area (Å²) in [7, 11) is 0. The van der Waals surface area contributed by atoms with Crippen LogP contribution in [0.15, 0.2) is 41.3 Å². The fraction of sp³-hybridized carbons (Fsp3) is 0.333. The molecule has 0 aromatic carbocycles. The van der Waals surface area contributed by atoms with Gasteiger partial charge in [-0.05, 0) is 49.5 Å². The summed E-state index contributed by atoms with van der Waals surface area (Å²) >= 11 is 6.27. The Morgan fingerprint density at radius 2 is 2.15 bits per heavy atom. The van der Waals surface area contributed by atoms with E-state index in [0.29, 0.717) is 47.8 Å². The second kappa shape index (κ2) is 11.0. The van der Waals surface area contributed by atoms with E-state index in [-0.39, 0.29) is 41.4 Å². The number of unbranched alkanes of at least 4 members (excludes halogenated alkanes) is 1. The number of hydrogen-bond acceptors (Lipinski definition) is 4. The second-order valence-electron chi connectivity index (χ2n) is 8.20. The van der Waals surface area contributed by atoms with Gasteiger partial charge >= 0.3 is 0 Å². The molecule has 3 rings (SSSR count). The number of aromatic amines is 1. The van der Waals surface area contributed by atoms with Crippen molar-refractivity contribution in [3.63, 3.8) is 0 Å². The van der Waals surface area contributed by atoms with Gasteiger partial charge in [0.2, 0.25) is 5.91 Å². The van der Waals surface area contributed by atoms with Gasteiger partial charge in [-0.3, -0.25) is 23.9 Å². The molecule has 0 saturated carbocycles. The molecule has 174 valence electrons. The fourth-order valence-corrected chi connectivity index (χ4v) is 3.76. The lowest BCUT2D eigenvalue weighted by Crippen LogP contribution is -2.26. The predicted molar refractivity (Wildman–Crippen MR) is 127 cm³/mol. The van der Waals surface area contributed by atoms with Crippen LogP contribution < -0.4 is 10.9 Å². The number of nitrogens with one attached hydrogen (secondary N) is 2. The van der Waals surface area contributed by atoms with E-state index in [9.17, 15) is 18.8 Å². The van der Waals surface area contributed by atoms with E-state index < -0.39 is 5.56 Å². The molecule has 0 unspecified atom stereocenters. The lowest BCUT2D eigenvalue weighted by Gasteiger charge is -2.11. The summed E-state index contributed by atoms with van der Waals surface area (Å²) in [6, 6.07) is 4.77. The summed E-state index contributed by atoms with van der Waals surface area (Å²) in [5, 5.41) is 2.83. The molecule has 0 fully saturated rings. The number of anilines is 1. The van der Waals surface area contributed by atoms with E-state index >= 15 is 0 Å². The number of fused-ring (bicyclic) bond motifs is 1. The number of aldehydes is 1. The largest absolute Gasteiger partial charge is 0.355 e. The summed E-state index contributed by atoms with van der Waals surface area (Å²) in [5.41, 5.74) is 2.09. The van der Waals surface area contributed by atoms with Gasteiger partial charge in [0.05, 0.1) is 23.8 Å². The standard InChI is InChI=1S/C24H26ClFN4O3/c1-15(2)11-17-18(26)13-27-20-12-16(28-23(17)20)14-30-21(25)9-8-19(24(30)33)29-22(32)7-5-3-4-6-10-31/h4,6,8-10,12-13,15,28H,3,5,7,11,14H2,1-2H3,(H,29,32)/b6-4+. The fourth-order valence-electron chi connectivity index (χ4n) is 3.56. The Hall–Kier alpha value is -3.26. The Morgan fingerprint density at radius 1 is 1.36 bits per heavy atom. The summed E-state index contributed by atoms with van der Waals surface area (Å²) in [5.74, 6) is -0.412. The topological polar surface area (TPSA) is 96.8 Å². The highest BCUT2D eigenvalue weighted by molar-refractivity contribution is 6.29. The normalized spacial score (nSPS) is 11.5.